The van der Waals surface area contributed by atoms with E-state index in [0.717, 1.165) is 60.6 Å². The van der Waals surface area contributed by atoms with Crippen LogP contribution in [0.15, 0.2) is 140 Å². The van der Waals surface area contributed by atoms with Gasteiger partial charge in [0.2, 0.25) is 0 Å². The van der Waals surface area contributed by atoms with Crippen LogP contribution in [-0.2, 0) is 0 Å². The van der Waals surface area contributed by atoms with Crippen molar-refractivity contribution in [1.29, 1.82) is 0 Å². The predicted molar refractivity (Wildman–Crippen MR) is 260 cm³/mol. The van der Waals surface area contributed by atoms with Gasteiger partial charge in [0.05, 0.1) is 22.1 Å². The van der Waals surface area contributed by atoms with E-state index in [4.69, 9.17) is 70.6 Å². The van der Waals surface area contributed by atoms with Crippen LogP contribution < -0.4 is 49.2 Å². The van der Waals surface area contributed by atoms with Crippen LogP contribution in [0.25, 0.3) is 88.4 Å². The highest BCUT2D eigenvalue weighted by Gasteiger charge is 2.23. The van der Waals surface area contributed by atoms with E-state index >= 15 is 0 Å². The first-order valence-electron chi connectivity index (χ1n) is 19.1. The molecule has 0 saturated heterocycles. The predicted octanol–water partition coefficient (Wildman–Crippen LogP) is 2.03. The van der Waals surface area contributed by atoms with Crippen LogP contribution in [0.3, 0.4) is 0 Å². The minimum atomic E-state index is 0.0583. The second-order valence-electron chi connectivity index (χ2n) is 14.9. The van der Waals surface area contributed by atoms with Crippen LogP contribution in [0.4, 0.5) is 0 Å². The molecular formula is C48H23B9N2. The number of hydrogen-bond donors (Lipinski definition) is 0. The summed E-state index contributed by atoms with van der Waals surface area (Å²) in [6.07, 6.45) is 0. The summed E-state index contributed by atoms with van der Waals surface area (Å²) in [6, 6.07) is 48.8. The third kappa shape index (κ3) is 5.61. The Labute approximate surface area is 355 Å². The number of rotatable bonds is 5. The first kappa shape index (κ1) is 37.2. The summed E-state index contributed by atoms with van der Waals surface area (Å²) in [5, 5.41) is 4.30. The Morgan fingerprint density at radius 2 is 0.644 bits per heavy atom. The molecule has 0 spiro atoms. The third-order valence-electron chi connectivity index (χ3n) is 11.7. The fourth-order valence-corrected chi connectivity index (χ4v) is 8.71. The van der Waals surface area contributed by atoms with Crippen molar-refractivity contribution in [1.82, 2.24) is 9.13 Å². The van der Waals surface area contributed by atoms with Crippen LogP contribution in [0.2, 0.25) is 0 Å². The quantitative estimate of drug-likeness (QED) is 0.241. The van der Waals surface area contributed by atoms with E-state index in [2.05, 4.69) is 114 Å². The summed E-state index contributed by atoms with van der Waals surface area (Å²) in [6.45, 7) is 0. The van der Waals surface area contributed by atoms with E-state index < -0.39 is 0 Å². The van der Waals surface area contributed by atoms with Crippen LogP contribution in [0.5, 0.6) is 0 Å². The van der Waals surface area contributed by atoms with Crippen LogP contribution >= 0.6 is 0 Å². The van der Waals surface area contributed by atoms with Gasteiger partial charge in [0.1, 0.15) is 70.6 Å². The third-order valence-corrected chi connectivity index (χ3v) is 11.7. The van der Waals surface area contributed by atoms with Crippen molar-refractivity contribution >= 4 is 163 Å². The van der Waals surface area contributed by atoms with Gasteiger partial charge in [-0.25, -0.2) is 0 Å². The van der Waals surface area contributed by atoms with Crippen LogP contribution in [0, 0.1) is 0 Å². The Morgan fingerprint density at radius 1 is 0.271 bits per heavy atom. The molecule has 10 aromatic rings. The number of fused-ring (bicyclic) bond motifs is 6. The highest BCUT2D eigenvalue weighted by molar-refractivity contribution is 6.70. The van der Waals surface area contributed by atoms with Crippen molar-refractivity contribution in [2.24, 2.45) is 0 Å². The monoisotopic (exact) mass is 726 g/mol. The van der Waals surface area contributed by atoms with Gasteiger partial charge in [-0.2, -0.15) is 0 Å². The Morgan fingerprint density at radius 3 is 1.17 bits per heavy atom. The second-order valence-corrected chi connectivity index (χ2v) is 14.9. The minimum Gasteiger partial charge on any atom is -0.310 e. The van der Waals surface area contributed by atoms with Crippen molar-refractivity contribution in [3.05, 3.63) is 140 Å². The molecule has 0 aliphatic heterocycles. The van der Waals surface area contributed by atoms with Gasteiger partial charge in [-0.3, -0.25) is 0 Å². The molecule has 59 heavy (non-hydrogen) atoms. The highest BCUT2D eigenvalue weighted by atomic mass is 15.0. The summed E-state index contributed by atoms with van der Waals surface area (Å²) in [5.74, 6) is 0. The van der Waals surface area contributed by atoms with Crippen molar-refractivity contribution in [2.75, 3.05) is 0 Å². The normalized spacial score (nSPS) is 11.7. The van der Waals surface area contributed by atoms with E-state index in [1.807, 2.05) is 34.9 Å². The Bertz CT molecular complexity index is 3310. The van der Waals surface area contributed by atoms with Gasteiger partial charge < -0.3 is 9.13 Å². The number of hydrogen-bond acceptors (Lipinski definition) is 0. The minimum absolute atomic E-state index is 0.0583. The van der Waals surface area contributed by atoms with E-state index in [-0.39, 0.29) is 60.3 Å². The fraction of sp³-hybridized carbons (Fsp3) is 0. The van der Waals surface area contributed by atoms with E-state index in [1.165, 1.54) is 10.9 Å². The first-order valence-corrected chi connectivity index (χ1v) is 19.1. The summed E-state index contributed by atoms with van der Waals surface area (Å²) in [7, 11) is 58.9. The Balaban J connectivity index is 1.17. The molecule has 2 aromatic heterocycles. The van der Waals surface area contributed by atoms with Crippen molar-refractivity contribution in [3.63, 3.8) is 0 Å². The molecule has 0 aliphatic rings. The van der Waals surface area contributed by atoms with Crippen molar-refractivity contribution in [2.45, 2.75) is 0 Å². The van der Waals surface area contributed by atoms with Crippen LogP contribution in [0.1, 0.15) is 0 Å². The average molecular weight is 725 g/mol. The molecule has 11 heteroatoms. The van der Waals surface area contributed by atoms with Gasteiger partial charge in [0.25, 0.3) is 0 Å². The van der Waals surface area contributed by atoms with Gasteiger partial charge in [0, 0.05) is 32.9 Å². The topological polar surface area (TPSA) is 9.86 Å². The molecule has 252 valence electrons. The molecule has 0 amide bonds. The summed E-state index contributed by atoms with van der Waals surface area (Å²) in [4.78, 5) is 0. The number of para-hydroxylation sites is 2. The zero-order valence-corrected chi connectivity index (χ0v) is 31.9. The lowest BCUT2D eigenvalue weighted by molar-refractivity contribution is 1.18. The zero-order valence-electron chi connectivity index (χ0n) is 31.9. The maximum Gasteiger partial charge on any atom is 0.115 e. The lowest BCUT2D eigenvalue weighted by atomic mass is 9.56. The van der Waals surface area contributed by atoms with Crippen molar-refractivity contribution in [3.8, 4) is 44.8 Å². The molecule has 0 unspecified atom stereocenters. The largest absolute Gasteiger partial charge is 0.310 e. The van der Waals surface area contributed by atoms with Crippen molar-refractivity contribution < 1.29 is 0 Å². The molecule has 0 N–H and O–H groups in total. The molecular weight excluding hydrogens is 702 g/mol. The van der Waals surface area contributed by atoms with Crippen LogP contribution in [-0.4, -0.2) is 79.8 Å². The van der Waals surface area contributed by atoms with E-state index in [0.29, 0.717) is 5.69 Å². The maximum absolute atomic E-state index is 6.93. The lowest BCUT2D eigenvalue weighted by Crippen LogP contribution is -2.57. The Hall–Kier alpha value is -6.06. The molecule has 10 rings (SSSR count). The van der Waals surface area contributed by atoms with Gasteiger partial charge in [-0.15, -0.1) is 16.4 Å². The van der Waals surface area contributed by atoms with Gasteiger partial charge in [0.15, 0.2) is 0 Å². The molecule has 0 bridgehead atoms. The highest BCUT2D eigenvalue weighted by Crippen LogP contribution is 2.39. The molecule has 0 fully saturated rings. The molecule has 0 saturated carbocycles. The molecule has 2 nitrogen and oxygen atoms in total. The SMILES string of the molecule is [B]c1c([B])c([B])c(-c2c([B])c([B])c(-n3c4ccccc4c4cc(-c5ccc6c(c5)c5cc(-c7ccccc7)ccc5n6-c5ccccc5)ccc43)c([B])c2[B])c([B])c1[B]. The number of benzene rings is 8. The Kier molecular flexibility index (Phi) is 8.87. The van der Waals surface area contributed by atoms with E-state index in [1.54, 1.807) is 0 Å². The lowest BCUT2D eigenvalue weighted by Gasteiger charge is -2.28. The molecule has 8 aromatic carbocycles. The molecule has 0 atom stereocenters. The summed E-state index contributed by atoms with van der Waals surface area (Å²) >= 11 is 0. The van der Waals surface area contributed by atoms with E-state index in [9.17, 15) is 0 Å². The van der Waals surface area contributed by atoms with Gasteiger partial charge in [-0.05, 0) is 88.0 Å². The summed E-state index contributed by atoms with van der Waals surface area (Å²) in [5.41, 5.74) is 11.3. The zero-order chi connectivity index (χ0) is 40.9. The molecule has 18 radical (unpaired) electrons. The van der Waals surface area contributed by atoms with Gasteiger partial charge >= 0.3 is 0 Å². The van der Waals surface area contributed by atoms with Gasteiger partial charge in [-0.1, -0.05) is 118 Å². The molecule has 0 aliphatic carbocycles. The second kappa shape index (κ2) is 14.1. The summed E-state index contributed by atoms with van der Waals surface area (Å²) < 4.78 is 4.33. The average Bonchev–Trinajstić information content (AvgIpc) is 3.77. The number of aromatic nitrogens is 2. The number of nitrogens with zero attached hydrogens (tertiary/aromatic N) is 2. The smallest absolute Gasteiger partial charge is 0.115 e. The maximum atomic E-state index is 6.93. The first-order chi connectivity index (χ1) is 28.5. The molecule has 2 heterocycles. The fourth-order valence-electron chi connectivity index (χ4n) is 8.71. The standard InChI is InChI=1S/C48H23B9N2/c49-39-37(40(50)44(54)45(55)43(39)53)38-41(51)46(56)48(47(57)42(38)52)59-33-14-8-7-13-29(33)30-22-26(17-20-36(30)59)27-16-19-35-32(23-27)31-21-25(24-9-3-1-4-10-24)15-18-34(31)58(35)28-11-5-2-6-12-28/h1-23H.